The molecule has 2 unspecified atom stereocenters. The molecule has 2 aliphatic heterocycles. The van der Waals surface area contributed by atoms with E-state index in [4.69, 9.17) is 0 Å². The number of phenolic OH excluding ortho intramolecular Hbond substituents is 1. The number of benzene rings is 1. The average Bonchev–Trinajstić information content (AvgIpc) is 2.96. The van der Waals surface area contributed by atoms with E-state index in [1.807, 2.05) is 24.8 Å². The quantitative estimate of drug-likeness (QED) is 0.538. The molecular formula is C18H24N6O3. The van der Waals surface area contributed by atoms with Crippen molar-refractivity contribution < 1.29 is 14.7 Å². The number of hydrogen-bond donors (Lipinski definition) is 3. The van der Waals surface area contributed by atoms with Gasteiger partial charge in [0.15, 0.2) is 12.2 Å². The smallest absolute Gasteiger partial charge is 0.325 e. The van der Waals surface area contributed by atoms with E-state index < -0.39 is 18.2 Å². The van der Waals surface area contributed by atoms with Crippen molar-refractivity contribution in [3.8, 4) is 5.75 Å². The van der Waals surface area contributed by atoms with Crippen LogP contribution in [0.4, 0.5) is 4.79 Å². The molecule has 2 aliphatic rings. The van der Waals surface area contributed by atoms with E-state index in [9.17, 15) is 14.7 Å². The Balaban J connectivity index is 1.88. The third kappa shape index (κ3) is 3.57. The van der Waals surface area contributed by atoms with Crippen LogP contribution in [0.1, 0.15) is 26.3 Å². The molecule has 0 bridgehead atoms. The van der Waals surface area contributed by atoms with Crippen molar-refractivity contribution in [2.24, 2.45) is 16.0 Å². The van der Waals surface area contributed by atoms with Crippen LogP contribution in [0.5, 0.6) is 5.75 Å². The number of carbonyl (C=O) groups excluding carboxylic acids is 2. The first-order valence-electron chi connectivity index (χ1n) is 8.80. The van der Waals surface area contributed by atoms with E-state index in [2.05, 4.69) is 20.8 Å². The number of amides is 3. The second-order valence-electron chi connectivity index (χ2n) is 7.09. The zero-order chi connectivity index (χ0) is 19.7. The van der Waals surface area contributed by atoms with E-state index in [0.717, 1.165) is 0 Å². The van der Waals surface area contributed by atoms with Crippen molar-refractivity contribution in [3.63, 3.8) is 0 Å². The summed E-state index contributed by atoms with van der Waals surface area (Å²) in [5.74, 6) is 0.455. The van der Waals surface area contributed by atoms with E-state index in [1.165, 1.54) is 4.90 Å². The predicted molar refractivity (Wildman–Crippen MR) is 101 cm³/mol. The summed E-state index contributed by atoms with van der Waals surface area (Å²) in [6.07, 6.45) is -0.604. The number of nitrogens with zero attached hydrogens (tertiary/aromatic N) is 4. The normalized spacial score (nSPS) is 22.7. The van der Waals surface area contributed by atoms with Crippen molar-refractivity contribution in [1.29, 1.82) is 0 Å². The summed E-state index contributed by atoms with van der Waals surface area (Å²) in [7, 11) is 1.61. The largest absolute Gasteiger partial charge is 0.507 e. The van der Waals surface area contributed by atoms with Crippen LogP contribution >= 0.6 is 0 Å². The molecule has 1 saturated heterocycles. The Morgan fingerprint density at radius 3 is 2.74 bits per heavy atom. The Bertz CT molecular complexity index is 819. The first kappa shape index (κ1) is 18.7. The Hall–Kier alpha value is -3.10. The van der Waals surface area contributed by atoms with Gasteiger partial charge in [0.25, 0.3) is 5.91 Å². The minimum Gasteiger partial charge on any atom is -0.507 e. The summed E-state index contributed by atoms with van der Waals surface area (Å²) in [5.41, 5.74) is 4.08. The van der Waals surface area contributed by atoms with Crippen LogP contribution in [0.25, 0.3) is 0 Å². The van der Waals surface area contributed by atoms with Gasteiger partial charge in [0, 0.05) is 19.2 Å². The first-order valence-corrected chi connectivity index (χ1v) is 8.80. The van der Waals surface area contributed by atoms with Gasteiger partial charge in [-0.3, -0.25) is 10.1 Å². The number of aliphatic imine (C=N–C) groups is 1. The number of imide groups is 1. The summed E-state index contributed by atoms with van der Waals surface area (Å²) < 4.78 is 0. The fraction of sp³-hybridized carbons (Fsp3) is 0.444. The Morgan fingerprint density at radius 1 is 1.37 bits per heavy atom. The molecule has 3 N–H and O–H groups in total. The number of phenols is 1. The van der Waals surface area contributed by atoms with Crippen molar-refractivity contribution in [2.45, 2.75) is 33.0 Å². The van der Waals surface area contributed by atoms with Gasteiger partial charge in [-0.15, -0.1) is 0 Å². The number of fused-ring (bicyclic) bond motifs is 1. The summed E-state index contributed by atoms with van der Waals surface area (Å²) in [6.45, 7) is 6.42. The monoisotopic (exact) mass is 372 g/mol. The van der Waals surface area contributed by atoms with Gasteiger partial charge in [0.2, 0.25) is 5.96 Å². The molecule has 0 radical (unpaired) electrons. The molecule has 0 spiro atoms. The fourth-order valence-corrected chi connectivity index (χ4v) is 3.19. The summed E-state index contributed by atoms with van der Waals surface area (Å²) in [4.78, 5) is 32.1. The van der Waals surface area contributed by atoms with Crippen molar-refractivity contribution in [1.82, 2.24) is 20.5 Å². The van der Waals surface area contributed by atoms with Gasteiger partial charge in [-0.2, -0.15) is 5.10 Å². The summed E-state index contributed by atoms with van der Waals surface area (Å²) in [5, 5.41) is 16.6. The van der Waals surface area contributed by atoms with Gasteiger partial charge in [-0.1, -0.05) is 26.0 Å². The lowest BCUT2D eigenvalue weighted by Gasteiger charge is -2.36. The molecule has 1 aromatic rings. The molecule has 1 aromatic carbocycles. The maximum Gasteiger partial charge on any atom is 0.325 e. The molecule has 1 fully saturated rings. The van der Waals surface area contributed by atoms with Crippen LogP contribution in [0.2, 0.25) is 0 Å². The van der Waals surface area contributed by atoms with Crippen LogP contribution < -0.4 is 10.7 Å². The molecule has 2 atom stereocenters. The molecule has 9 heteroatoms. The third-order valence-corrected chi connectivity index (χ3v) is 4.54. The van der Waals surface area contributed by atoms with Crippen molar-refractivity contribution in [2.75, 3.05) is 13.6 Å². The molecular weight excluding hydrogens is 348 g/mol. The first-order chi connectivity index (χ1) is 12.8. The highest BCUT2D eigenvalue weighted by atomic mass is 16.3. The zero-order valence-corrected chi connectivity index (χ0v) is 15.8. The minimum absolute atomic E-state index is 0.131. The van der Waals surface area contributed by atoms with Crippen LogP contribution in [-0.4, -0.2) is 64.3 Å². The van der Waals surface area contributed by atoms with Gasteiger partial charge in [0.05, 0.1) is 5.71 Å². The van der Waals surface area contributed by atoms with E-state index in [-0.39, 0.29) is 17.6 Å². The molecule has 2 heterocycles. The van der Waals surface area contributed by atoms with Gasteiger partial charge in [0.1, 0.15) is 5.75 Å². The molecule has 9 nitrogen and oxygen atoms in total. The fourth-order valence-electron chi connectivity index (χ4n) is 3.19. The highest BCUT2D eigenvalue weighted by Crippen LogP contribution is 2.24. The van der Waals surface area contributed by atoms with Crippen LogP contribution in [0.15, 0.2) is 34.4 Å². The second-order valence-corrected chi connectivity index (χ2v) is 7.09. The summed E-state index contributed by atoms with van der Waals surface area (Å²) in [6, 6.07) is 5.83. The van der Waals surface area contributed by atoms with E-state index in [0.29, 0.717) is 23.8 Å². The topological polar surface area (TPSA) is 110 Å². The van der Waals surface area contributed by atoms with Gasteiger partial charge < -0.3 is 14.9 Å². The van der Waals surface area contributed by atoms with Crippen LogP contribution in [-0.2, 0) is 4.79 Å². The Morgan fingerprint density at radius 2 is 2.07 bits per heavy atom. The molecule has 0 aromatic heterocycles. The number of hydrazone groups is 1. The number of guanidine groups is 1. The zero-order valence-electron chi connectivity index (χ0n) is 15.8. The lowest BCUT2D eigenvalue weighted by molar-refractivity contribution is -0.127. The molecule has 0 saturated carbocycles. The number of para-hydroxylation sites is 1. The lowest BCUT2D eigenvalue weighted by Crippen LogP contribution is -2.64. The number of carbonyl (C=O) groups is 2. The second kappa shape index (κ2) is 7.26. The van der Waals surface area contributed by atoms with Gasteiger partial charge >= 0.3 is 6.03 Å². The number of urea groups is 1. The predicted octanol–water partition coefficient (Wildman–Crippen LogP) is 0.910. The highest BCUT2D eigenvalue weighted by Gasteiger charge is 2.48. The minimum atomic E-state index is -0.604. The van der Waals surface area contributed by atoms with Crippen molar-refractivity contribution >= 4 is 23.6 Å². The number of likely N-dealkylation sites (N-methyl/N-ethyl adjacent to an activating group) is 1. The molecule has 3 amide bonds. The maximum atomic E-state index is 12.4. The average molecular weight is 372 g/mol. The Labute approximate surface area is 157 Å². The molecule has 27 heavy (non-hydrogen) atoms. The van der Waals surface area contributed by atoms with Crippen molar-refractivity contribution in [3.05, 3.63) is 29.8 Å². The van der Waals surface area contributed by atoms with Crippen LogP contribution in [0.3, 0.4) is 0 Å². The lowest BCUT2D eigenvalue weighted by atomic mass is 10.1. The SMILES string of the molecule is C/C(=N\NC1=NC2C(C(=O)NC(=O)N2C)N1CC(C)C)c1ccccc1O. The maximum absolute atomic E-state index is 12.4. The molecule has 3 rings (SSSR count). The standard InChI is InChI=1S/C18H24N6O3/c1-10(2)9-24-14-15(23(4)18(27)20-16(14)26)19-17(24)22-21-11(3)12-7-5-6-8-13(12)25/h5-8,10,14-15,25H,9H2,1-4H3,(H,19,22)(H,20,26,27)/b21-11+. The van der Waals surface area contributed by atoms with E-state index >= 15 is 0 Å². The van der Waals surface area contributed by atoms with Gasteiger partial charge in [-0.05, 0) is 25.0 Å². The van der Waals surface area contributed by atoms with E-state index in [1.54, 1.807) is 32.2 Å². The number of rotatable bonds is 4. The highest BCUT2D eigenvalue weighted by molar-refractivity contribution is 6.04. The molecule has 0 aliphatic carbocycles. The number of aromatic hydroxyl groups is 1. The number of nitrogens with one attached hydrogen (secondary N) is 2. The van der Waals surface area contributed by atoms with Crippen LogP contribution in [0, 0.1) is 5.92 Å². The van der Waals surface area contributed by atoms with Gasteiger partial charge in [-0.25, -0.2) is 15.2 Å². The summed E-state index contributed by atoms with van der Waals surface area (Å²) >= 11 is 0. The molecule has 144 valence electrons. The Kier molecular flexibility index (Phi) is 5.02. The third-order valence-electron chi connectivity index (χ3n) is 4.54. The number of hydrogen-bond acceptors (Lipinski definition) is 7.